The average Bonchev–Trinajstić information content (AvgIpc) is 3.51. The first-order valence-electron chi connectivity index (χ1n) is 16.5. The fourth-order valence-electron chi connectivity index (χ4n) is 5.81. The molecule has 44 heavy (non-hydrogen) atoms. The van der Waals surface area contributed by atoms with E-state index in [9.17, 15) is 0 Å². The zero-order valence-electron chi connectivity index (χ0n) is 28.8. The molecule has 0 saturated carbocycles. The van der Waals surface area contributed by atoms with Gasteiger partial charge in [0.1, 0.15) is 0 Å². The van der Waals surface area contributed by atoms with Crippen LogP contribution in [0.25, 0.3) is 11.4 Å². The van der Waals surface area contributed by atoms with Gasteiger partial charge in [-0.1, -0.05) is 41.5 Å². The van der Waals surface area contributed by atoms with Crippen molar-refractivity contribution in [3.05, 3.63) is 24.3 Å². The summed E-state index contributed by atoms with van der Waals surface area (Å²) in [6.07, 6.45) is 4.68. The van der Waals surface area contributed by atoms with Crippen LogP contribution in [-0.4, -0.2) is 82.2 Å². The number of benzene rings is 1. The lowest BCUT2D eigenvalue weighted by Gasteiger charge is -2.40. The van der Waals surface area contributed by atoms with Crippen LogP contribution in [0.1, 0.15) is 67.2 Å². The smallest absolute Gasteiger partial charge is 0.231 e. The molecule has 244 valence electrons. The van der Waals surface area contributed by atoms with Gasteiger partial charge >= 0.3 is 0 Å². The first-order valence-corrected chi connectivity index (χ1v) is 22.3. The molecule has 4 atom stereocenters. The Balaban J connectivity index is 1.53. The number of fused-ring (bicyclic) bond motifs is 2. The molecule has 0 amide bonds. The van der Waals surface area contributed by atoms with E-state index in [1.165, 1.54) is 0 Å². The van der Waals surface area contributed by atoms with Gasteiger partial charge in [0.05, 0.1) is 37.5 Å². The van der Waals surface area contributed by atoms with E-state index >= 15 is 0 Å². The third-order valence-electron chi connectivity index (χ3n) is 10.8. The van der Waals surface area contributed by atoms with Gasteiger partial charge < -0.3 is 29.1 Å². The van der Waals surface area contributed by atoms with Gasteiger partial charge in [-0.3, -0.25) is 0 Å². The molecule has 11 heteroatoms. The van der Waals surface area contributed by atoms with E-state index in [1.54, 1.807) is 0 Å². The minimum Gasteiger partial charge on any atom is -0.415 e. The quantitative estimate of drug-likeness (QED) is 0.233. The highest BCUT2D eigenvalue weighted by Gasteiger charge is 2.44. The number of hydrogen-bond donors (Lipinski definition) is 1. The monoisotopic (exact) mass is 640 g/mol. The molecule has 0 radical (unpaired) electrons. The van der Waals surface area contributed by atoms with Gasteiger partial charge in [0, 0.05) is 24.3 Å². The van der Waals surface area contributed by atoms with Crippen molar-refractivity contribution in [3.63, 3.8) is 0 Å². The number of morpholine rings is 1. The fourth-order valence-corrected chi connectivity index (χ4v) is 7.89. The number of aromatic nitrogens is 3. The fraction of sp³-hybridized carbons (Fsp3) is 0.727. The van der Waals surface area contributed by atoms with Gasteiger partial charge in [0.2, 0.25) is 11.9 Å². The lowest BCUT2D eigenvalue weighted by molar-refractivity contribution is 0.0299. The zero-order chi connectivity index (χ0) is 32.1. The predicted molar refractivity (Wildman–Crippen MR) is 185 cm³/mol. The molecule has 5 rings (SSSR count). The summed E-state index contributed by atoms with van der Waals surface area (Å²) in [6, 6.07) is 8.15. The highest BCUT2D eigenvalue weighted by Crippen LogP contribution is 2.40. The third kappa shape index (κ3) is 7.17. The molecule has 4 unspecified atom stereocenters. The topological polar surface area (TPSA) is 98.9 Å². The number of hydrogen-bond acceptors (Lipinski definition) is 9. The molecule has 0 aliphatic carbocycles. The molecule has 1 aromatic carbocycles. The summed E-state index contributed by atoms with van der Waals surface area (Å²) in [5, 5.41) is 0.277. The molecule has 3 saturated heterocycles. The molecule has 2 bridgehead atoms. The summed E-state index contributed by atoms with van der Waals surface area (Å²) >= 11 is 0. The van der Waals surface area contributed by atoms with Gasteiger partial charge in [0.25, 0.3) is 0 Å². The molecule has 2 aromatic rings. The van der Waals surface area contributed by atoms with Gasteiger partial charge in [-0.15, -0.1) is 0 Å². The summed E-state index contributed by atoms with van der Waals surface area (Å²) in [4.78, 5) is 20.2. The third-order valence-corrected chi connectivity index (χ3v) is 19.8. The molecular weight excluding hydrogens is 585 g/mol. The van der Waals surface area contributed by atoms with Crippen molar-refractivity contribution < 1.29 is 13.6 Å². The Morgan fingerprint density at radius 1 is 0.750 bits per heavy atom. The van der Waals surface area contributed by atoms with Crippen molar-refractivity contribution in [3.8, 4) is 11.4 Å². The molecular formula is C33H56N6O3Si2. The lowest BCUT2D eigenvalue weighted by Crippen LogP contribution is -2.49. The van der Waals surface area contributed by atoms with Crippen molar-refractivity contribution in [1.82, 2.24) is 15.0 Å². The van der Waals surface area contributed by atoms with E-state index in [-0.39, 0.29) is 34.4 Å². The Labute approximate surface area is 267 Å². The van der Waals surface area contributed by atoms with Crippen LogP contribution < -0.4 is 15.5 Å². The lowest BCUT2D eigenvalue weighted by atomic mass is 10.2. The summed E-state index contributed by atoms with van der Waals surface area (Å²) in [7, 11) is -3.90. The summed E-state index contributed by atoms with van der Waals surface area (Å²) in [5.41, 5.74) is 7.70. The van der Waals surface area contributed by atoms with E-state index in [0.29, 0.717) is 25.0 Å². The van der Waals surface area contributed by atoms with Crippen molar-refractivity contribution in [2.45, 2.75) is 128 Å². The van der Waals surface area contributed by atoms with E-state index in [0.717, 1.165) is 56.0 Å². The number of anilines is 3. The Bertz CT molecular complexity index is 1240. The zero-order valence-corrected chi connectivity index (χ0v) is 30.8. The predicted octanol–water partition coefficient (Wildman–Crippen LogP) is 6.87. The second-order valence-corrected chi connectivity index (χ2v) is 25.8. The van der Waals surface area contributed by atoms with E-state index in [1.807, 2.05) is 24.3 Å². The van der Waals surface area contributed by atoms with E-state index < -0.39 is 16.6 Å². The van der Waals surface area contributed by atoms with E-state index in [2.05, 4.69) is 77.5 Å². The number of nitrogen functional groups attached to an aromatic ring is 1. The van der Waals surface area contributed by atoms with Crippen LogP contribution in [0.3, 0.4) is 0 Å². The van der Waals surface area contributed by atoms with Crippen molar-refractivity contribution >= 4 is 34.2 Å². The second-order valence-electron chi connectivity index (χ2n) is 16.2. The first kappa shape index (κ1) is 33.3. The number of ether oxygens (including phenoxy) is 1. The standard InChI is InChI=1S/C33H56N6O3Si2/c1-32(2,3)43(7,8)40-21-25-15-16-26(22-41-44(9,10)33(4,5)6)39(25)31-36-29(23-11-13-24(34)14-12-23)35-30(37-31)38-19-27-17-18-28(20-38)42-27/h11-14,25-28H,15-22,34H2,1-10H3. The molecule has 1 aromatic heterocycles. The normalized spacial score (nSPS) is 24.8. The SMILES string of the molecule is CC(C)(C)[Si](C)(C)OCC1CCC(CO[Si](C)(C)C(C)(C)C)N1c1nc(-c2ccc(N)cc2)nc(N2CC3CCC(C2)O3)n1. The maximum absolute atomic E-state index is 6.84. The second kappa shape index (κ2) is 12.3. The molecule has 3 aliphatic rings. The number of rotatable bonds is 9. The highest BCUT2D eigenvalue weighted by molar-refractivity contribution is 6.74. The molecule has 9 nitrogen and oxygen atoms in total. The Morgan fingerprint density at radius 3 is 1.70 bits per heavy atom. The minimum absolute atomic E-state index is 0.139. The van der Waals surface area contributed by atoms with Gasteiger partial charge in [-0.05, 0) is 86.2 Å². The van der Waals surface area contributed by atoms with Crippen molar-refractivity contribution in [2.75, 3.05) is 41.8 Å². The number of nitrogens with zero attached hydrogens (tertiary/aromatic N) is 5. The highest BCUT2D eigenvalue weighted by atomic mass is 28.4. The Morgan fingerprint density at radius 2 is 1.23 bits per heavy atom. The Kier molecular flexibility index (Phi) is 9.29. The maximum atomic E-state index is 6.84. The molecule has 3 fully saturated rings. The largest absolute Gasteiger partial charge is 0.415 e. The van der Waals surface area contributed by atoms with E-state index in [4.69, 9.17) is 34.3 Å². The summed E-state index contributed by atoms with van der Waals surface area (Å²) in [5.74, 6) is 2.11. The molecule has 2 N–H and O–H groups in total. The van der Waals surface area contributed by atoms with Crippen LogP contribution in [0, 0.1) is 0 Å². The van der Waals surface area contributed by atoms with Crippen LogP contribution in [0.2, 0.25) is 36.3 Å². The Hall–Kier alpha value is -2.06. The van der Waals surface area contributed by atoms with Crippen LogP contribution in [0.15, 0.2) is 24.3 Å². The van der Waals surface area contributed by atoms with Crippen molar-refractivity contribution in [1.29, 1.82) is 0 Å². The molecule has 3 aliphatic heterocycles. The van der Waals surface area contributed by atoms with Gasteiger partial charge in [-0.25, -0.2) is 0 Å². The number of nitrogens with two attached hydrogens (primary N) is 1. The van der Waals surface area contributed by atoms with Crippen LogP contribution in [0.5, 0.6) is 0 Å². The summed E-state index contributed by atoms with van der Waals surface area (Å²) < 4.78 is 19.8. The van der Waals surface area contributed by atoms with Crippen LogP contribution in [-0.2, 0) is 13.6 Å². The van der Waals surface area contributed by atoms with Crippen molar-refractivity contribution in [2.24, 2.45) is 0 Å². The van der Waals surface area contributed by atoms with Gasteiger partial charge in [0.15, 0.2) is 22.5 Å². The molecule has 4 heterocycles. The summed E-state index contributed by atoms with van der Waals surface area (Å²) in [6.45, 7) is 26.0. The van der Waals surface area contributed by atoms with Crippen LogP contribution >= 0.6 is 0 Å². The van der Waals surface area contributed by atoms with Crippen LogP contribution in [0.4, 0.5) is 17.6 Å². The first-order chi connectivity index (χ1) is 20.4. The van der Waals surface area contributed by atoms with Gasteiger partial charge in [-0.2, -0.15) is 15.0 Å². The molecule has 0 spiro atoms. The maximum Gasteiger partial charge on any atom is 0.231 e. The average molecular weight is 641 g/mol. The minimum atomic E-state index is -1.95.